The zero-order valence-corrected chi connectivity index (χ0v) is 20.8. The molecule has 0 saturated heterocycles. The second kappa shape index (κ2) is 10.8. The fourth-order valence-corrected chi connectivity index (χ4v) is 4.38. The van der Waals surface area contributed by atoms with Gasteiger partial charge in [0.05, 0.1) is 10.0 Å². The van der Waals surface area contributed by atoms with Gasteiger partial charge in [0.2, 0.25) is 0 Å². The Labute approximate surface area is 215 Å². The van der Waals surface area contributed by atoms with Crippen molar-refractivity contribution in [1.82, 2.24) is 0 Å². The molecule has 0 aliphatic rings. The van der Waals surface area contributed by atoms with E-state index in [1.165, 1.54) is 6.08 Å². The van der Waals surface area contributed by atoms with Crippen molar-refractivity contribution in [2.75, 3.05) is 5.32 Å². The van der Waals surface area contributed by atoms with Crippen molar-refractivity contribution in [3.05, 3.63) is 110 Å². The van der Waals surface area contributed by atoms with Crippen LogP contribution in [0.15, 0.2) is 88.9 Å². The number of rotatable bonds is 6. The van der Waals surface area contributed by atoms with Crippen molar-refractivity contribution in [3.8, 4) is 11.8 Å². The standard InChI is InChI=1S/C27H17BrCl2N2O2/c28-22-6-3-7-23(14-22)32-27(33)21(15-31)11-18-12-24(29)26(25(30)13-18)34-16-17-8-9-19-4-1-2-5-20(19)10-17/h1-14H,16H2,(H,32,33)/b21-11-. The number of carbonyl (C=O) groups excluding carboxylic acids is 1. The molecule has 4 nitrogen and oxygen atoms in total. The number of halogens is 3. The van der Waals surface area contributed by atoms with E-state index in [0.717, 1.165) is 20.8 Å². The van der Waals surface area contributed by atoms with E-state index >= 15 is 0 Å². The summed E-state index contributed by atoms with van der Waals surface area (Å²) >= 11 is 16.2. The number of fused-ring (bicyclic) bond motifs is 1. The predicted molar refractivity (Wildman–Crippen MR) is 141 cm³/mol. The van der Waals surface area contributed by atoms with Gasteiger partial charge in [0, 0.05) is 10.2 Å². The molecule has 4 rings (SSSR count). The van der Waals surface area contributed by atoms with Crippen LogP contribution < -0.4 is 10.1 Å². The molecule has 0 aliphatic heterocycles. The number of benzene rings is 4. The second-order valence-electron chi connectivity index (χ2n) is 7.42. The minimum Gasteiger partial charge on any atom is -0.486 e. The second-order valence-corrected chi connectivity index (χ2v) is 9.15. The van der Waals surface area contributed by atoms with Gasteiger partial charge >= 0.3 is 0 Å². The SMILES string of the molecule is N#C/C(=C/c1cc(Cl)c(OCc2ccc3ccccc3c2)c(Cl)c1)C(=O)Nc1cccc(Br)c1. The molecule has 34 heavy (non-hydrogen) atoms. The van der Waals surface area contributed by atoms with Crippen LogP contribution in [-0.4, -0.2) is 5.91 Å². The summed E-state index contributed by atoms with van der Waals surface area (Å²) in [5, 5.41) is 15.0. The van der Waals surface area contributed by atoms with Gasteiger partial charge in [-0.05, 0) is 64.4 Å². The Morgan fingerprint density at radius 3 is 2.41 bits per heavy atom. The molecule has 0 atom stereocenters. The highest BCUT2D eigenvalue weighted by molar-refractivity contribution is 9.10. The van der Waals surface area contributed by atoms with Crippen molar-refractivity contribution in [2.45, 2.75) is 6.61 Å². The Bertz CT molecular complexity index is 1440. The topological polar surface area (TPSA) is 62.1 Å². The van der Waals surface area contributed by atoms with Crippen molar-refractivity contribution in [2.24, 2.45) is 0 Å². The molecular weight excluding hydrogens is 535 g/mol. The van der Waals surface area contributed by atoms with Gasteiger partial charge in [-0.3, -0.25) is 4.79 Å². The fraction of sp³-hybridized carbons (Fsp3) is 0.0370. The molecule has 7 heteroatoms. The molecule has 0 fully saturated rings. The zero-order chi connectivity index (χ0) is 24.1. The molecule has 4 aromatic carbocycles. The third-order valence-corrected chi connectivity index (χ3v) is 6.03. The summed E-state index contributed by atoms with van der Waals surface area (Å²) in [5.74, 6) is -0.199. The lowest BCUT2D eigenvalue weighted by Gasteiger charge is -2.12. The lowest BCUT2D eigenvalue weighted by atomic mass is 10.1. The Kier molecular flexibility index (Phi) is 7.54. The van der Waals surface area contributed by atoms with Gasteiger partial charge in [0.25, 0.3) is 5.91 Å². The van der Waals surface area contributed by atoms with Gasteiger partial charge in [-0.25, -0.2) is 0 Å². The molecule has 0 aliphatic carbocycles. The summed E-state index contributed by atoms with van der Waals surface area (Å²) < 4.78 is 6.70. The van der Waals surface area contributed by atoms with Crippen LogP contribution in [0, 0.1) is 11.3 Å². The Hall–Kier alpha value is -3.30. The van der Waals surface area contributed by atoms with Gasteiger partial charge < -0.3 is 10.1 Å². The molecular formula is C27H17BrCl2N2O2. The van der Waals surface area contributed by atoms with E-state index in [2.05, 4.69) is 33.4 Å². The number of anilines is 1. The number of amides is 1. The quantitative estimate of drug-likeness (QED) is 0.195. The number of carbonyl (C=O) groups is 1. The molecule has 1 amide bonds. The number of hydrogen-bond acceptors (Lipinski definition) is 3. The van der Waals surface area contributed by atoms with E-state index in [9.17, 15) is 10.1 Å². The third-order valence-electron chi connectivity index (χ3n) is 4.98. The summed E-state index contributed by atoms with van der Waals surface area (Å²) in [6, 6.07) is 26.4. The number of hydrogen-bond donors (Lipinski definition) is 1. The van der Waals surface area contributed by atoms with Gasteiger partial charge in [-0.15, -0.1) is 0 Å². The average Bonchev–Trinajstić information content (AvgIpc) is 2.82. The van der Waals surface area contributed by atoms with Crippen molar-refractivity contribution in [1.29, 1.82) is 5.26 Å². The van der Waals surface area contributed by atoms with Crippen molar-refractivity contribution >= 4 is 67.6 Å². The van der Waals surface area contributed by atoms with Gasteiger partial charge in [0.1, 0.15) is 18.2 Å². The lowest BCUT2D eigenvalue weighted by Crippen LogP contribution is -2.13. The van der Waals surface area contributed by atoms with Crippen LogP contribution in [0.3, 0.4) is 0 Å². The van der Waals surface area contributed by atoms with Crippen LogP contribution in [0.1, 0.15) is 11.1 Å². The van der Waals surface area contributed by atoms with E-state index in [-0.39, 0.29) is 22.2 Å². The minimum atomic E-state index is -0.538. The van der Waals surface area contributed by atoms with Crippen LogP contribution >= 0.6 is 39.1 Å². The summed E-state index contributed by atoms with van der Waals surface area (Å²) in [5.41, 5.74) is 1.96. The smallest absolute Gasteiger partial charge is 0.266 e. The highest BCUT2D eigenvalue weighted by Crippen LogP contribution is 2.35. The number of nitriles is 1. The fourth-order valence-electron chi connectivity index (χ4n) is 3.36. The van der Waals surface area contributed by atoms with Crippen LogP contribution in [0.5, 0.6) is 5.75 Å². The van der Waals surface area contributed by atoms with Gasteiger partial charge in [-0.2, -0.15) is 5.26 Å². The van der Waals surface area contributed by atoms with Crippen LogP contribution in [-0.2, 0) is 11.4 Å². The molecule has 0 bridgehead atoms. The van der Waals surface area contributed by atoms with Crippen molar-refractivity contribution in [3.63, 3.8) is 0 Å². The third kappa shape index (κ3) is 5.78. The molecule has 4 aromatic rings. The van der Waals surface area contributed by atoms with Crippen molar-refractivity contribution < 1.29 is 9.53 Å². The van der Waals surface area contributed by atoms with Crippen LogP contribution in [0.4, 0.5) is 5.69 Å². The highest BCUT2D eigenvalue weighted by Gasteiger charge is 2.13. The molecule has 0 aromatic heterocycles. The van der Waals surface area contributed by atoms with E-state index in [4.69, 9.17) is 27.9 Å². The highest BCUT2D eigenvalue weighted by atomic mass is 79.9. The van der Waals surface area contributed by atoms with E-state index < -0.39 is 5.91 Å². The van der Waals surface area contributed by atoms with Crippen LogP contribution in [0.25, 0.3) is 16.8 Å². The first-order valence-electron chi connectivity index (χ1n) is 10.2. The monoisotopic (exact) mass is 550 g/mol. The predicted octanol–water partition coefficient (Wildman–Crippen LogP) is 8.03. The first-order valence-corrected chi connectivity index (χ1v) is 11.8. The summed E-state index contributed by atoms with van der Waals surface area (Å²) in [7, 11) is 0. The number of ether oxygens (including phenoxy) is 1. The molecule has 168 valence electrons. The Morgan fingerprint density at radius 2 is 1.71 bits per heavy atom. The average molecular weight is 552 g/mol. The van der Waals surface area contributed by atoms with Gasteiger partial charge in [-0.1, -0.05) is 81.6 Å². The Balaban J connectivity index is 1.50. The van der Waals surface area contributed by atoms with E-state index in [1.807, 2.05) is 42.5 Å². The van der Waals surface area contributed by atoms with E-state index in [1.54, 1.807) is 30.3 Å². The molecule has 0 saturated carbocycles. The maximum atomic E-state index is 12.5. The summed E-state index contributed by atoms with van der Waals surface area (Å²) in [6.45, 7) is 0.290. The minimum absolute atomic E-state index is 0.0862. The molecule has 0 unspecified atom stereocenters. The number of nitrogens with one attached hydrogen (secondary N) is 1. The maximum Gasteiger partial charge on any atom is 0.266 e. The normalized spacial score (nSPS) is 11.2. The Morgan fingerprint density at radius 1 is 0.971 bits per heavy atom. The molecule has 0 spiro atoms. The van der Waals surface area contributed by atoms with E-state index in [0.29, 0.717) is 17.0 Å². The van der Waals surface area contributed by atoms with Crippen LogP contribution in [0.2, 0.25) is 10.0 Å². The molecule has 0 radical (unpaired) electrons. The van der Waals surface area contributed by atoms with Gasteiger partial charge in [0.15, 0.2) is 5.75 Å². The lowest BCUT2D eigenvalue weighted by molar-refractivity contribution is -0.112. The largest absolute Gasteiger partial charge is 0.486 e. The molecule has 1 N–H and O–H groups in total. The summed E-state index contributed by atoms with van der Waals surface area (Å²) in [4.78, 5) is 12.5. The first kappa shape index (κ1) is 23.8. The maximum absolute atomic E-state index is 12.5. The first-order chi connectivity index (χ1) is 16.4. The zero-order valence-electron chi connectivity index (χ0n) is 17.7. The summed E-state index contributed by atoms with van der Waals surface area (Å²) in [6.07, 6.45) is 1.43. The number of nitrogens with zero attached hydrogens (tertiary/aromatic N) is 1. The molecule has 0 heterocycles.